The zero-order valence-corrected chi connectivity index (χ0v) is 16.8. The highest BCUT2D eigenvalue weighted by atomic mass is 32.2. The van der Waals surface area contributed by atoms with Crippen molar-refractivity contribution in [2.75, 3.05) is 11.9 Å². The molecule has 1 unspecified atom stereocenters. The number of benzene rings is 2. The van der Waals surface area contributed by atoms with E-state index in [1.165, 1.54) is 17.8 Å². The van der Waals surface area contributed by atoms with Crippen molar-refractivity contribution in [3.05, 3.63) is 65.1 Å². The van der Waals surface area contributed by atoms with Crippen molar-refractivity contribution in [3.8, 4) is 5.75 Å². The SMILES string of the molecule is CCCCOc1ccc(C(C)NC(=O)/C=C2\Sc3ccccc3NC2=O)cc1. The second kappa shape index (κ2) is 9.46. The molecule has 3 rings (SSSR count). The third-order valence-electron chi connectivity index (χ3n) is 4.35. The van der Waals surface area contributed by atoms with Crippen LogP contribution in [-0.2, 0) is 9.59 Å². The van der Waals surface area contributed by atoms with Crippen molar-refractivity contribution < 1.29 is 14.3 Å². The van der Waals surface area contributed by atoms with Crippen LogP contribution in [0.4, 0.5) is 5.69 Å². The van der Waals surface area contributed by atoms with Gasteiger partial charge in [-0.1, -0.05) is 49.4 Å². The lowest BCUT2D eigenvalue weighted by molar-refractivity contribution is -0.118. The number of unbranched alkanes of at least 4 members (excludes halogenated alkanes) is 1. The molecule has 28 heavy (non-hydrogen) atoms. The summed E-state index contributed by atoms with van der Waals surface area (Å²) < 4.78 is 5.66. The Kier molecular flexibility index (Phi) is 6.76. The van der Waals surface area contributed by atoms with Gasteiger partial charge in [0.15, 0.2) is 0 Å². The lowest BCUT2D eigenvalue weighted by Crippen LogP contribution is -2.26. The van der Waals surface area contributed by atoms with E-state index in [1.54, 1.807) is 0 Å². The molecule has 5 nitrogen and oxygen atoms in total. The summed E-state index contributed by atoms with van der Waals surface area (Å²) in [5.41, 5.74) is 1.74. The molecule has 0 aliphatic carbocycles. The van der Waals surface area contributed by atoms with Crippen LogP contribution in [0.2, 0.25) is 0 Å². The van der Waals surface area contributed by atoms with Crippen LogP contribution < -0.4 is 15.4 Å². The van der Waals surface area contributed by atoms with Crippen LogP contribution in [0.3, 0.4) is 0 Å². The van der Waals surface area contributed by atoms with Crippen molar-refractivity contribution in [2.24, 2.45) is 0 Å². The Morgan fingerprint density at radius 3 is 2.71 bits per heavy atom. The Morgan fingerprint density at radius 2 is 1.96 bits per heavy atom. The van der Waals surface area contributed by atoms with Crippen molar-refractivity contribution in [3.63, 3.8) is 0 Å². The number of thioether (sulfide) groups is 1. The van der Waals surface area contributed by atoms with Crippen molar-refractivity contribution in [1.29, 1.82) is 0 Å². The molecule has 1 aliphatic heterocycles. The van der Waals surface area contributed by atoms with E-state index in [9.17, 15) is 9.59 Å². The Bertz CT molecular complexity index is 878. The van der Waals surface area contributed by atoms with Crippen LogP contribution >= 0.6 is 11.8 Å². The first-order chi connectivity index (χ1) is 13.6. The van der Waals surface area contributed by atoms with E-state index < -0.39 is 0 Å². The zero-order chi connectivity index (χ0) is 19.9. The Balaban J connectivity index is 1.60. The molecule has 0 bridgehead atoms. The second-order valence-corrected chi connectivity index (χ2v) is 7.65. The first-order valence-corrected chi connectivity index (χ1v) is 10.2. The minimum absolute atomic E-state index is 0.182. The predicted molar refractivity (Wildman–Crippen MR) is 112 cm³/mol. The molecule has 0 radical (unpaired) electrons. The van der Waals surface area contributed by atoms with Crippen LogP contribution in [0.5, 0.6) is 5.75 Å². The van der Waals surface area contributed by atoms with E-state index in [0.29, 0.717) is 11.5 Å². The van der Waals surface area contributed by atoms with E-state index in [1.807, 2.05) is 55.5 Å². The van der Waals surface area contributed by atoms with Gasteiger partial charge >= 0.3 is 0 Å². The van der Waals surface area contributed by atoms with Gasteiger partial charge in [0.25, 0.3) is 5.91 Å². The van der Waals surface area contributed by atoms with Crippen molar-refractivity contribution in [2.45, 2.75) is 37.6 Å². The summed E-state index contributed by atoms with van der Waals surface area (Å²) in [5, 5.41) is 5.72. The highest BCUT2D eigenvalue weighted by Gasteiger charge is 2.21. The summed E-state index contributed by atoms with van der Waals surface area (Å²) in [4.78, 5) is 25.9. The molecule has 0 saturated carbocycles. The fourth-order valence-electron chi connectivity index (χ4n) is 2.75. The maximum atomic E-state index is 12.4. The number of nitrogens with one attached hydrogen (secondary N) is 2. The highest BCUT2D eigenvalue weighted by Crippen LogP contribution is 2.37. The summed E-state index contributed by atoms with van der Waals surface area (Å²) in [6, 6.07) is 15.0. The van der Waals surface area contributed by atoms with Crippen molar-refractivity contribution >= 4 is 29.3 Å². The molecule has 2 aromatic rings. The lowest BCUT2D eigenvalue weighted by Gasteiger charge is -2.18. The van der Waals surface area contributed by atoms with Crippen LogP contribution in [0.15, 0.2) is 64.4 Å². The third-order valence-corrected chi connectivity index (χ3v) is 5.45. The molecule has 1 atom stereocenters. The van der Waals surface area contributed by atoms with E-state index in [2.05, 4.69) is 17.6 Å². The first-order valence-electron chi connectivity index (χ1n) is 9.40. The highest BCUT2D eigenvalue weighted by molar-refractivity contribution is 8.04. The minimum Gasteiger partial charge on any atom is -0.494 e. The van der Waals surface area contributed by atoms with Gasteiger partial charge in [0.2, 0.25) is 5.91 Å². The van der Waals surface area contributed by atoms with E-state index >= 15 is 0 Å². The van der Waals surface area contributed by atoms with Gasteiger partial charge in [-0.05, 0) is 43.2 Å². The lowest BCUT2D eigenvalue weighted by atomic mass is 10.1. The molecule has 1 heterocycles. The van der Waals surface area contributed by atoms with Crippen LogP contribution in [0, 0.1) is 0 Å². The number of carbonyl (C=O) groups is 2. The summed E-state index contributed by atoms with van der Waals surface area (Å²) in [7, 11) is 0. The molecule has 146 valence electrons. The smallest absolute Gasteiger partial charge is 0.262 e. The Hall–Kier alpha value is -2.73. The van der Waals surface area contributed by atoms with Crippen LogP contribution in [0.25, 0.3) is 0 Å². The number of hydrogen-bond acceptors (Lipinski definition) is 4. The monoisotopic (exact) mass is 396 g/mol. The van der Waals surface area contributed by atoms with Gasteiger partial charge in [-0.25, -0.2) is 0 Å². The largest absolute Gasteiger partial charge is 0.494 e. The van der Waals surface area contributed by atoms with Gasteiger partial charge in [0, 0.05) is 11.0 Å². The molecule has 0 aromatic heterocycles. The van der Waals surface area contributed by atoms with Gasteiger partial charge in [-0.15, -0.1) is 0 Å². The number of carbonyl (C=O) groups excluding carboxylic acids is 2. The quantitative estimate of drug-likeness (QED) is 0.527. The topological polar surface area (TPSA) is 67.4 Å². The number of para-hydroxylation sites is 1. The normalized spacial score (nSPS) is 15.5. The van der Waals surface area contributed by atoms with Gasteiger partial charge in [0.1, 0.15) is 5.75 Å². The van der Waals surface area contributed by atoms with E-state index in [4.69, 9.17) is 4.74 Å². The molecule has 2 aromatic carbocycles. The fraction of sp³-hybridized carbons (Fsp3) is 0.273. The molecule has 0 fully saturated rings. The van der Waals surface area contributed by atoms with Crippen LogP contribution in [0.1, 0.15) is 38.3 Å². The van der Waals surface area contributed by atoms with Gasteiger partial charge in [-0.3, -0.25) is 9.59 Å². The molecule has 2 N–H and O–H groups in total. The number of ether oxygens (including phenoxy) is 1. The molecular weight excluding hydrogens is 372 g/mol. The summed E-state index contributed by atoms with van der Waals surface area (Å²) in [6.45, 7) is 4.74. The van der Waals surface area contributed by atoms with Crippen molar-refractivity contribution in [1.82, 2.24) is 5.32 Å². The summed E-state index contributed by atoms with van der Waals surface area (Å²) in [6.07, 6.45) is 3.48. The Morgan fingerprint density at radius 1 is 1.21 bits per heavy atom. The first kappa shape index (κ1) is 20.0. The molecular formula is C22H24N2O3S. The van der Waals surface area contributed by atoms with Gasteiger partial charge in [-0.2, -0.15) is 0 Å². The number of anilines is 1. The van der Waals surface area contributed by atoms with Crippen LogP contribution in [-0.4, -0.2) is 18.4 Å². The van der Waals surface area contributed by atoms with Gasteiger partial charge in [0.05, 0.1) is 23.2 Å². The average molecular weight is 397 g/mol. The molecule has 6 heteroatoms. The maximum Gasteiger partial charge on any atom is 0.262 e. The predicted octanol–water partition coefficient (Wildman–Crippen LogP) is 4.67. The number of hydrogen-bond donors (Lipinski definition) is 2. The van der Waals surface area contributed by atoms with Gasteiger partial charge < -0.3 is 15.4 Å². The summed E-state index contributed by atoms with van der Waals surface area (Å²) in [5.74, 6) is 0.264. The molecule has 0 spiro atoms. The maximum absolute atomic E-state index is 12.4. The van der Waals surface area contributed by atoms with E-state index in [0.717, 1.165) is 34.7 Å². The average Bonchev–Trinajstić information content (AvgIpc) is 2.69. The fourth-order valence-corrected chi connectivity index (χ4v) is 3.67. The number of rotatable bonds is 7. The Labute approximate surface area is 169 Å². The minimum atomic E-state index is -0.298. The standard InChI is InChI=1S/C22H24N2O3S/c1-3-4-13-27-17-11-9-16(10-12-17)15(2)23-21(25)14-20-22(26)24-18-7-5-6-8-19(18)28-20/h5-12,14-15H,3-4,13H2,1-2H3,(H,23,25)(H,24,26)/b20-14-. The number of fused-ring (bicyclic) bond motifs is 1. The number of amides is 2. The summed E-state index contributed by atoms with van der Waals surface area (Å²) >= 11 is 1.30. The van der Waals surface area contributed by atoms with E-state index in [-0.39, 0.29) is 17.9 Å². The zero-order valence-electron chi connectivity index (χ0n) is 16.0. The molecule has 1 aliphatic rings. The second-order valence-electron chi connectivity index (χ2n) is 6.56. The molecule has 0 saturated heterocycles. The molecule has 2 amide bonds. The third kappa shape index (κ3) is 5.16.